The van der Waals surface area contributed by atoms with Crippen molar-refractivity contribution in [2.45, 2.75) is 38.1 Å². The number of carbonyl (C=O) groups excluding carboxylic acids is 1. The molecule has 0 aliphatic heterocycles. The molecule has 5 nitrogen and oxygen atoms in total. The van der Waals surface area contributed by atoms with E-state index in [0.29, 0.717) is 0 Å². The molecule has 21 heavy (non-hydrogen) atoms. The summed E-state index contributed by atoms with van der Waals surface area (Å²) in [6.07, 6.45) is 3.27. The highest BCUT2D eigenvalue weighted by atomic mass is 19.1. The topological polar surface area (TPSA) is 78.4 Å². The first-order chi connectivity index (χ1) is 10.0. The largest absolute Gasteiger partial charge is 0.481 e. The number of carboxylic acid groups (broad SMARTS) is 1. The van der Waals surface area contributed by atoms with Crippen molar-refractivity contribution in [3.05, 3.63) is 30.1 Å². The number of nitrogens with one attached hydrogen (secondary N) is 2. The lowest BCUT2D eigenvalue weighted by Crippen LogP contribution is -2.40. The first-order valence-corrected chi connectivity index (χ1v) is 7.08. The number of carboxylic acids is 1. The Morgan fingerprint density at radius 3 is 2.48 bits per heavy atom. The summed E-state index contributed by atoms with van der Waals surface area (Å²) in [7, 11) is 0. The normalized spacial score (nSPS) is 21.6. The molecule has 1 aliphatic rings. The first kappa shape index (κ1) is 15.3. The van der Waals surface area contributed by atoms with E-state index in [2.05, 4.69) is 10.6 Å². The van der Waals surface area contributed by atoms with Gasteiger partial charge in [0.2, 0.25) is 0 Å². The summed E-state index contributed by atoms with van der Waals surface area (Å²) >= 11 is 0. The van der Waals surface area contributed by atoms with E-state index in [4.69, 9.17) is 5.11 Å². The molecule has 0 aromatic heterocycles. The lowest BCUT2D eigenvalue weighted by Gasteiger charge is -2.28. The minimum atomic E-state index is -0.774. The molecule has 3 N–H and O–H groups in total. The van der Waals surface area contributed by atoms with Crippen molar-refractivity contribution in [1.82, 2.24) is 5.32 Å². The number of urea groups is 1. The number of aliphatic carboxylic acids is 1. The van der Waals surface area contributed by atoms with Gasteiger partial charge in [-0.3, -0.25) is 4.79 Å². The molecule has 114 valence electrons. The third-order valence-electron chi connectivity index (χ3n) is 3.77. The molecule has 1 saturated carbocycles. The highest BCUT2D eigenvalue weighted by Crippen LogP contribution is 2.26. The minimum absolute atomic E-state index is 0.0156. The van der Waals surface area contributed by atoms with Gasteiger partial charge < -0.3 is 15.7 Å². The van der Waals surface area contributed by atoms with Crippen LogP contribution in [-0.2, 0) is 4.79 Å². The van der Waals surface area contributed by atoms with Gasteiger partial charge in [-0.1, -0.05) is 12.1 Å². The van der Waals surface area contributed by atoms with Crippen LogP contribution >= 0.6 is 0 Å². The zero-order valence-corrected chi connectivity index (χ0v) is 11.6. The van der Waals surface area contributed by atoms with E-state index >= 15 is 0 Å². The number of benzene rings is 1. The van der Waals surface area contributed by atoms with Gasteiger partial charge in [-0.2, -0.15) is 0 Å². The summed E-state index contributed by atoms with van der Waals surface area (Å²) in [4.78, 5) is 22.5. The Morgan fingerprint density at radius 2 is 1.86 bits per heavy atom. The van der Waals surface area contributed by atoms with Crippen LogP contribution in [0.1, 0.15) is 32.1 Å². The van der Waals surface area contributed by atoms with E-state index in [9.17, 15) is 14.0 Å². The van der Waals surface area contributed by atoms with Crippen LogP contribution in [0.5, 0.6) is 0 Å². The summed E-state index contributed by atoms with van der Waals surface area (Å²) in [5.41, 5.74) is 0.148. The molecule has 1 aromatic carbocycles. The molecule has 1 fully saturated rings. The van der Waals surface area contributed by atoms with Crippen LogP contribution in [0.2, 0.25) is 0 Å². The number of rotatable bonds is 4. The van der Waals surface area contributed by atoms with Crippen LogP contribution in [-0.4, -0.2) is 23.1 Å². The second-order valence-electron chi connectivity index (χ2n) is 5.39. The number of hydrogen-bond acceptors (Lipinski definition) is 2. The first-order valence-electron chi connectivity index (χ1n) is 7.08. The van der Waals surface area contributed by atoms with Crippen molar-refractivity contribution in [3.63, 3.8) is 0 Å². The number of anilines is 1. The summed E-state index contributed by atoms with van der Waals surface area (Å²) in [6.45, 7) is 0. The standard InChI is InChI=1S/C15H19FN2O3/c16-12-3-1-2-4-13(12)18-15(21)17-11-7-5-10(6-8-11)9-14(19)20/h1-4,10-11H,5-9H2,(H,19,20)(H2,17,18,21). The molecule has 0 spiro atoms. The smallest absolute Gasteiger partial charge is 0.319 e. The fourth-order valence-corrected chi connectivity index (χ4v) is 2.66. The third kappa shape index (κ3) is 4.73. The highest BCUT2D eigenvalue weighted by Gasteiger charge is 2.24. The van der Waals surface area contributed by atoms with Gasteiger partial charge in [0.15, 0.2) is 0 Å². The van der Waals surface area contributed by atoms with Gasteiger partial charge in [-0.15, -0.1) is 0 Å². The molecule has 2 rings (SSSR count). The van der Waals surface area contributed by atoms with Crippen LogP contribution < -0.4 is 10.6 Å². The van der Waals surface area contributed by atoms with Gasteiger partial charge in [0.05, 0.1) is 5.69 Å². The number of halogens is 1. The lowest BCUT2D eigenvalue weighted by molar-refractivity contribution is -0.138. The van der Waals surface area contributed by atoms with Gasteiger partial charge in [0.1, 0.15) is 5.82 Å². The Kier molecular flexibility index (Phi) is 5.14. The fraction of sp³-hybridized carbons (Fsp3) is 0.467. The predicted molar refractivity (Wildman–Crippen MR) is 76.6 cm³/mol. The zero-order valence-electron chi connectivity index (χ0n) is 11.6. The van der Waals surface area contributed by atoms with Crippen molar-refractivity contribution in [2.24, 2.45) is 5.92 Å². The molecular formula is C15H19FN2O3. The minimum Gasteiger partial charge on any atom is -0.481 e. The SMILES string of the molecule is O=C(O)CC1CCC(NC(=O)Nc2ccccc2F)CC1. The summed E-state index contributed by atoms with van der Waals surface area (Å²) in [6, 6.07) is 5.58. The fourth-order valence-electron chi connectivity index (χ4n) is 2.66. The second-order valence-corrected chi connectivity index (χ2v) is 5.39. The van der Waals surface area contributed by atoms with Gasteiger partial charge in [-0.25, -0.2) is 9.18 Å². The van der Waals surface area contributed by atoms with E-state index in [1.165, 1.54) is 12.1 Å². The summed E-state index contributed by atoms with van der Waals surface area (Å²) in [5, 5.41) is 14.0. The number of carbonyl (C=O) groups is 2. The molecule has 1 aromatic rings. The van der Waals surface area contributed by atoms with E-state index in [1.54, 1.807) is 12.1 Å². The van der Waals surface area contributed by atoms with Crippen molar-refractivity contribution >= 4 is 17.7 Å². The van der Waals surface area contributed by atoms with Crippen molar-refractivity contribution in [2.75, 3.05) is 5.32 Å². The van der Waals surface area contributed by atoms with Crippen molar-refractivity contribution in [3.8, 4) is 0 Å². The van der Waals surface area contributed by atoms with E-state index in [0.717, 1.165) is 25.7 Å². The van der Waals surface area contributed by atoms with Crippen LogP contribution in [0.4, 0.5) is 14.9 Å². The molecular weight excluding hydrogens is 275 g/mol. The number of para-hydroxylation sites is 1. The Hall–Kier alpha value is -2.11. The van der Waals surface area contributed by atoms with E-state index in [-0.39, 0.29) is 24.1 Å². The quantitative estimate of drug-likeness (QED) is 0.798. The Bertz CT molecular complexity index is 513. The van der Waals surface area contributed by atoms with Crippen molar-refractivity contribution in [1.29, 1.82) is 0 Å². The molecule has 0 bridgehead atoms. The van der Waals surface area contributed by atoms with Gasteiger partial charge in [0, 0.05) is 12.5 Å². The van der Waals surface area contributed by atoms with Gasteiger partial charge >= 0.3 is 12.0 Å². The van der Waals surface area contributed by atoms with Crippen LogP contribution in [0.15, 0.2) is 24.3 Å². The monoisotopic (exact) mass is 294 g/mol. The number of amides is 2. The summed E-state index contributed by atoms with van der Waals surface area (Å²) < 4.78 is 13.4. The average molecular weight is 294 g/mol. The van der Waals surface area contributed by atoms with E-state index < -0.39 is 17.8 Å². The second kappa shape index (κ2) is 7.06. The van der Waals surface area contributed by atoms with Gasteiger partial charge in [-0.05, 0) is 43.7 Å². The summed E-state index contributed by atoms with van der Waals surface area (Å²) in [5.74, 6) is -1.06. The third-order valence-corrected chi connectivity index (χ3v) is 3.77. The maximum absolute atomic E-state index is 13.4. The Balaban J connectivity index is 1.77. The molecule has 6 heteroatoms. The molecule has 0 radical (unpaired) electrons. The average Bonchev–Trinajstić information content (AvgIpc) is 2.43. The number of hydrogen-bond donors (Lipinski definition) is 3. The molecule has 0 atom stereocenters. The molecule has 2 amide bonds. The highest BCUT2D eigenvalue weighted by molar-refractivity contribution is 5.89. The van der Waals surface area contributed by atoms with Crippen LogP contribution in [0, 0.1) is 11.7 Å². The molecule has 0 heterocycles. The lowest BCUT2D eigenvalue weighted by atomic mass is 9.84. The van der Waals surface area contributed by atoms with Crippen LogP contribution in [0.25, 0.3) is 0 Å². The molecule has 1 aliphatic carbocycles. The molecule has 0 saturated heterocycles. The molecule has 0 unspecified atom stereocenters. The zero-order chi connectivity index (χ0) is 15.2. The Labute approximate surface area is 122 Å². The van der Waals surface area contributed by atoms with E-state index in [1.807, 2.05) is 0 Å². The predicted octanol–water partition coefficient (Wildman–Crippen LogP) is 2.98. The maximum Gasteiger partial charge on any atom is 0.319 e. The van der Waals surface area contributed by atoms with Crippen LogP contribution in [0.3, 0.4) is 0 Å². The Morgan fingerprint density at radius 1 is 1.19 bits per heavy atom. The van der Waals surface area contributed by atoms with Crippen molar-refractivity contribution < 1.29 is 19.1 Å². The van der Waals surface area contributed by atoms with Gasteiger partial charge in [0.25, 0.3) is 0 Å². The maximum atomic E-state index is 13.4.